The highest BCUT2D eigenvalue weighted by molar-refractivity contribution is 7.99. The van der Waals surface area contributed by atoms with Crippen molar-refractivity contribution in [3.8, 4) is 0 Å². The van der Waals surface area contributed by atoms with Crippen LogP contribution in [0, 0.1) is 13.8 Å². The second kappa shape index (κ2) is 7.31. The minimum absolute atomic E-state index is 0.0965. The minimum Gasteiger partial charge on any atom is -0.338 e. The van der Waals surface area contributed by atoms with Crippen molar-refractivity contribution in [2.45, 2.75) is 32.7 Å². The summed E-state index contributed by atoms with van der Waals surface area (Å²) >= 11 is 2.03. The molecule has 0 N–H and O–H groups in total. The fourth-order valence-corrected chi connectivity index (χ4v) is 4.71. The van der Waals surface area contributed by atoms with E-state index < -0.39 is 0 Å². The normalized spacial score (nSPS) is 20.4. The van der Waals surface area contributed by atoms with Gasteiger partial charge in [-0.3, -0.25) is 14.5 Å². The Bertz CT molecular complexity index is 672. The van der Waals surface area contributed by atoms with Gasteiger partial charge in [0.25, 0.3) is 11.5 Å². The molecule has 0 aliphatic carbocycles. The van der Waals surface area contributed by atoms with E-state index in [1.165, 1.54) is 24.6 Å². The summed E-state index contributed by atoms with van der Waals surface area (Å²) in [6.07, 6.45) is 2.03. The first kappa shape index (κ1) is 17.5. The quantitative estimate of drug-likeness (QED) is 0.815. The van der Waals surface area contributed by atoms with Gasteiger partial charge in [0, 0.05) is 56.5 Å². The number of amides is 1. The summed E-state index contributed by atoms with van der Waals surface area (Å²) in [4.78, 5) is 29.8. The number of carbonyl (C=O) groups excluding carboxylic acids is 1. The van der Waals surface area contributed by atoms with Gasteiger partial charge < -0.3 is 9.47 Å². The molecule has 0 saturated carbocycles. The highest BCUT2D eigenvalue weighted by atomic mass is 32.2. The highest BCUT2D eigenvalue weighted by Crippen LogP contribution is 2.21. The zero-order valence-electron chi connectivity index (χ0n) is 14.9. The van der Waals surface area contributed by atoms with E-state index >= 15 is 0 Å². The lowest BCUT2D eigenvalue weighted by Gasteiger charge is -2.40. The number of pyridine rings is 1. The van der Waals surface area contributed by atoms with Gasteiger partial charge in [0.15, 0.2) is 0 Å². The molecule has 24 heavy (non-hydrogen) atoms. The van der Waals surface area contributed by atoms with Gasteiger partial charge in [0.05, 0.1) is 0 Å². The summed E-state index contributed by atoms with van der Waals surface area (Å²) in [7, 11) is 1.73. The molecule has 0 spiro atoms. The Morgan fingerprint density at radius 2 is 1.75 bits per heavy atom. The van der Waals surface area contributed by atoms with E-state index in [4.69, 9.17) is 0 Å². The summed E-state index contributed by atoms with van der Waals surface area (Å²) in [5.74, 6) is 2.34. The number of likely N-dealkylation sites (tertiary alicyclic amines) is 1. The van der Waals surface area contributed by atoms with Crippen molar-refractivity contribution < 1.29 is 4.79 Å². The summed E-state index contributed by atoms with van der Waals surface area (Å²) < 4.78 is 1.57. The number of rotatable bonds is 2. The number of aromatic nitrogens is 1. The van der Waals surface area contributed by atoms with Crippen LogP contribution in [-0.2, 0) is 7.05 Å². The number of nitrogens with zero attached hydrogens (tertiary/aromatic N) is 3. The maximum absolute atomic E-state index is 12.9. The van der Waals surface area contributed by atoms with Crippen LogP contribution >= 0.6 is 11.8 Å². The van der Waals surface area contributed by atoms with Crippen LogP contribution in [0.2, 0.25) is 0 Å². The summed E-state index contributed by atoms with van der Waals surface area (Å²) in [6, 6.07) is 2.52. The number of piperidine rings is 1. The van der Waals surface area contributed by atoms with Crippen molar-refractivity contribution in [1.29, 1.82) is 0 Å². The monoisotopic (exact) mass is 349 g/mol. The number of hydrogen-bond donors (Lipinski definition) is 0. The summed E-state index contributed by atoms with van der Waals surface area (Å²) in [5.41, 5.74) is 1.84. The third-order valence-electron chi connectivity index (χ3n) is 5.39. The number of aryl methyl sites for hydroxylation is 2. The van der Waals surface area contributed by atoms with Gasteiger partial charge >= 0.3 is 0 Å². The lowest BCUT2D eigenvalue weighted by molar-refractivity contribution is 0.0628. The molecule has 2 aliphatic heterocycles. The Kier molecular flexibility index (Phi) is 5.35. The molecule has 6 heteroatoms. The molecular weight excluding hydrogens is 322 g/mol. The average molecular weight is 350 g/mol. The van der Waals surface area contributed by atoms with E-state index in [-0.39, 0.29) is 11.5 Å². The molecule has 3 heterocycles. The molecule has 0 aromatic carbocycles. The van der Waals surface area contributed by atoms with Gasteiger partial charge in [-0.25, -0.2) is 0 Å². The number of hydrogen-bond acceptors (Lipinski definition) is 4. The van der Waals surface area contributed by atoms with Crippen LogP contribution in [-0.4, -0.2) is 64.0 Å². The predicted molar refractivity (Wildman–Crippen MR) is 99.0 cm³/mol. The van der Waals surface area contributed by atoms with Crippen LogP contribution in [0.4, 0.5) is 0 Å². The van der Waals surface area contributed by atoms with Gasteiger partial charge in [-0.2, -0.15) is 11.8 Å². The van der Waals surface area contributed by atoms with Crippen LogP contribution in [0.15, 0.2) is 10.9 Å². The Balaban J connectivity index is 1.70. The first-order chi connectivity index (χ1) is 11.5. The van der Waals surface area contributed by atoms with Crippen molar-refractivity contribution in [2.75, 3.05) is 37.7 Å². The van der Waals surface area contributed by atoms with Crippen molar-refractivity contribution in [1.82, 2.24) is 14.4 Å². The standard InChI is InChI=1S/C18H27N3O2S/c1-13-12-14(2)19(3)17(22)16(13)18(23)21-6-4-15(5-7-21)20-8-10-24-11-9-20/h12,15H,4-11H2,1-3H3. The van der Waals surface area contributed by atoms with Crippen LogP contribution in [0.25, 0.3) is 0 Å². The smallest absolute Gasteiger partial charge is 0.263 e. The van der Waals surface area contributed by atoms with Gasteiger partial charge in [0.2, 0.25) is 0 Å². The molecule has 0 bridgehead atoms. The molecule has 0 unspecified atom stereocenters. The Labute approximate surface area is 148 Å². The van der Waals surface area contributed by atoms with E-state index in [0.29, 0.717) is 11.6 Å². The second-order valence-electron chi connectivity index (χ2n) is 6.88. The van der Waals surface area contributed by atoms with E-state index in [9.17, 15) is 9.59 Å². The van der Waals surface area contributed by atoms with E-state index in [1.807, 2.05) is 36.6 Å². The third kappa shape index (κ3) is 3.40. The van der Waals surface area contributed by atoms with Crippen LogP contribution in [0.1, 0.15) is 34.5 Å². The number of carbonyl (C=O) groups is 1. The van der Waals surface area contributed by atoms with Crippen LogP contribution < -0.4 is 5.56 Å². The molecule has 0 radical (unpaired) electrons. The largest absolute Gasteiger partial charge is 0.338 e. The first-order valence-corrected chi connectivity index (χ1v) is 9.93. The van der Waals surface area contributed by atoms with Gasteiger partial charge in [-0.1, -0.05) is 0 Å². The Morgan fingerprint density at radius 3 is 2.38 bits per heavy atom. The number of thioether (sulfide) groups is 1. The molecular formula is C18H27N3O2S. The van der Waals surface area contributed by atoms with Crippen molar-refractivity contribution in [2.24, 2.45) is 7.05 Å². The lowest BCUT2D eigenvalue weighted by atomic mass is 10.0. The molecule has 1 aromatic heterocycles. The molecule has 2 fully saturated rings. The van der Waals surface area contributed by atoms with Crippen LogP contribution in [0.3, 0.4) is 0 Å². The van der Waals surface area contributed by atoms with Gasteiger partial charge in [-0.15, -0.1) is 0 Å². The predicted octanol–water partition coefficient (Wildman–Crippen LogP) is 1.66. The maximum atomic E-state index is 12.9. The van der Waals surface area contributed by atoms with Crippen molar-refractivity contribution >= 4 is 17.7 Å². The summed E-state index contributed by atoms with van der Waals surface area (Å²) in [6.45, 7) is 7.60. The molecule has 1 amide bonds. The first-order valence-electron chi connectivity index (χ1n) is 8.77. The fourth-order valence-electron chi connectivity index (χ4n) is 3.77. The van der Waals surface area contributed by atoms with E-state index in [1.54, 1.807) is 11.6 Å². The van der Waals surface area contributed by atoms with Crippen molar-refractivity contribution in [3.63, 3.8) is 0 Å². The fraction of sp³-hybridized carbons (Fsp3) is 0.667. The van der Waals surface area contributed by atoms with Gasteiger partial charge in [0.1, 0.15) is 5.56 Å². The van der Waals surface area contributed by atoms with Crippen LogP contribution in [0.5, 0.6) is 0 Å². The Hall–Kier alpha value is -1.27. The third-order valence-corrected chi connectivity index (χ3v) is 6.34. The van der Waals surface area contributed by atoms with Crippen molar-refractivity contribution in [3.05, 3.63) is 33.2 Å². The second-order valence-corrected chi connectivity index (χ2v) is 8.10. The maximum Gasteiger partial charge on any atom is 0.263 e. The zero-order chi connectivity index (χ0) is 17.3. The zero-order valence-corrected chi connectivity index (χ0v) is 15.7. The molecule has 2 aliphatic rings. The van der Waals surface area contributed by atoms with E-state index in [0.717, 1.165) is 37.2 Å². The molecule has 1 aromatic rings. The SMILES string of the molecule is Cc1cc(C)n(C)c(=O)c1C(=O)N1CCC(N2CCSCC2)CC1. The molecule has 3 rings (SSSR count). The minimum atomic E-state index is -0.173. The highest BCUT2D eigenvalue weighted by Gasteiger charge is 2.29. The van der Waals surface area contributed by atoms with Gasteiger partial charge in [-0.05, 0) is 38.3 Å². The lowest BCUT2D eigenvalue weighted by Crippen LogP contribution is -2.49. The molecule has 5 nitrogen and oxygen atoms in total. The molecule has 2 saturated heterocycles. The average Bonchev–Trinajstić information content (AvgIpc) is 2.60. The Morgan fingerprint density at radius 1 is 1.12 bits per heavy atom. The van der Waals surface area contributed by atoms with E-state index in [2.05, 4.69) is 4.90 Å². The topological polar surface area (TPSA) is 45.6 Å². The summed E-state index contributed by atoms with van der Waals surface area (Å²) in [5, 5.41) is 0. The molecule has 132 valence electrons. The molecule has 0 atom stereocenters.